The van der Waals surface area contributed by atoms with Crippen molar-refractivity contribution in [3.8, 4) is 0 Å². The van der Waals surface area contributed by atoms with E-state index in [0.29, 0.717) is 4.88 Å². The number of nitrogens with one attached hydrogen (secondary N) is 1. The standard InChI is InChI=1S/C13H13F2NO3S2/c14-9-3-1-4-10(15)13(9)21(18,19)16-7-6-11(17)12-5-2-8-20-12/h1-5,8,11,16-17H,6-7H2/t11-/m0/s1. The Balaban J connectivity index is 2.02. The van der Waals surface area contributed by atoms with E-state index in [9.17, 15) is 22.3 Å². The van der Waals surface area contributed by atoms with Crippen LogP contribution in [0, 0.1) is 11.6 Å². The van der Waals surface area contributed by atoms with Crippen molar-refractivity contribution < 1.29 is 22.3 Å². The van der Waals surface area contributed by atoms with Gasteiger partial charge in [0.25, 0.3) is 0 Å². The minimum atomic E-state index is -4.29. The number of rotatable bonds is 6. The van der Waals surface area contributed by atoms with Crippen LogP contribution in [0.1, 0.15) is 17.4 Å². The zero-order valence-electron chi connectivity index (χ0n) is 10.8. The average Bonchev–Trinajstić information content (AvgIpc) is 2.91. The summed E-state index contributed by atoms with van der Waals surface area (Å²) in [6.45, 7) is -0.130. The van der Waals surface area contributed by atoms with Crippen molar-refractivity contribution in [3.63, 3.8) is 0 Å². The first-order chi connectivity index (χ1) is 9.92. The number of aliphatic hydroxyl groups is 1. The molecular weight excluding hydrogens is 320 g/mol. The Morgan fingerprint density at radius 1 is 1.19 bits per heavy atom. The fourth-order valence-corrected chi connectivity index (χ4v) is 3.69. The maximum Gasteiger partial charge on any atom is 0.246 e. The lowest BCUT2D eigenvalue weighted by atomic mass is 10.2. The lowest BCUT2D eigenvalue weighted by Crippen LogP contribution is -2.27. The summed E-state index contributed by atoms with van der Waals surface area (Å²) in [5, 5.41) is 11.6. The van der Waals surface area contributed by atoms with Crippen LogP contribution in [0.2, 0.25) is 0 Å². The molecular formula is C13H13F2NO3S2. The number of aliphatic hydroxyl groups excluding tert-OH is 1. The van der Waals surface area contributed by atoms with E-state index in [4.69, 9.17) is 0 Å². The van der Waals surface area contributed by atoms with Gasteiger partial charge in [0, 0.05) is 11.4 Å². The second kappa shape index (κ2) is 6.61. The molecule has 1 heterocycles. The molecule has 2 rings (SSSR count). The first-order valence-electron chi connectivity index (χ1n) is 6.07. The van der Waals surface area contributed by atoms with Gasteiger partial charge in [-0.15, -0.1) is 11.3 Å². The van der Waals surface area contributed by atoms with Crippen molar-refractivity contribution in [3.05, 3.63) is 52.2 Å². The second-order valence-corrected chi connectivity index (χ2v) is 6.95. The molecule has 0 fully saturated rings. The quantitative estimate of drug-likeness (QED) is 0.853. The molecule has 2 aromatic rings. The molecule has 0 amide bonds. The minimum absolute atomic E-state index is 0.107. The third-order valence-corrected chi connectivity index (χ3v) is 5.25. The van der Waals surface area contributed by atoms with Crippen LogP contribution < -0.4 is 4.72 Å². The summed E-state index contributed by atoms with van der Waals surface area (Å²) < 4.78 is 52.7. The Hall–Kier alpha value is -1.35. The van der Waals surface area contributed by atoms with Gasteiger partial charge in [-0.3, -0.25) is 0 Å². The van der Waals surface area contributed by atoms with Gasteiger partial charge < -0.3 is 5.11 Å². The van der Waals surface area contributed by atoms with Gasteiger partial charge in [0.2, 0.25) is 10.0 Å². The lowest BCUT2D eigenvalue weighted by Gasteiger charge is -2.11. The molecule has 0 unspecified atom stereocenters. The molecule has 0 spiro atoms. The second-order valence-electron chi connectivity index (χ2n) is 4.27. The van der Waals surface area contributed by atoms with E-state index in [1.54, 1.807) is 17.5 Å². The molecule has 0 saturated heterocycles. The van der Waals surface area contributed by atoms with Gasteiger partial charge >= 0.3 is 0 Å². The summed E-state index contributed by atoms with van der Waals surface area (Å²) in [4.78, 5) is -0.304. The van der Waals surface area contributed by atoms with E-state index >= 15 is 0 Å². The third-order valence-electron chi connectivity index (χ3n) is 2.77. The highest BCUT2D eigenvalue weighted by atomic mass is 32.2. The smallest absolute Gasteiger partial charge is 0.246 e. The number of thiophene rings is 1. The van der Waals surface area contributed by atoms with Crippen LogP contribution in [0.3, 0.4) is 0 Å². The molecule has 114 valence electrons. The van der Waals surface area contributed by atoms with Crippen molar-refractivity contribution in [2.24, 2.45) is 0 Å². The van der Waals surface area contributed by atoms with Crippen molar-refractivity contribution in [2.75, 3.05) is 6.54 Å². The molecule has 0 aliphatic heterocycles. The highest BCUT2D eigenvalue weighted by Gasteiger charge is 2.23. The Morgan fingerprint density at radius 3 is 2.43 bits per heavy atom. The Bertz CT molecular complexity index is 682. The van der Waals surface area contributed by atoms with Crippen molar-refractivity contribution in [2.45, 2.75) is 17.4 Å². The normalized spacial score (nSPS) is 13.3. The topological polar surface area (TPSA) is 66.4 Å². The summed E-state index contributed by atoms with van der Waals surface area (Å²) in [7, 11) is -4.29. The van der Waals surface area contributed by atoms with Crippen LogP contribution in [-0.4, -0.2) is 20.1 Å². The van der Waals surface area contributed by atoms with Crippen molar-refractivity contribution in [1.29, 1.82) is 0 Å². The maximum absolute atomic E-state index is 13.4. The van der Waals surface area contributed by atoms with Crippen molar-refractivity contribution >= 4 is 21.4 Å². The molecule has 1 aromatic carbocycles. The molecule has 0 radical (unpaired) electrons. The van der Waals surface area contributed by atoms with Gasteiger partial charge in [-0.2, -0.15) is 0 Å². The van der Waals surface area contributed by atoms with Gasteiger partial charge in [-0.1, -0.05) is 12.1 Å². The minimum Gasteiger partial charge on any atom is -0.388 e. The summed E-state index contributed by atoms with van der Waals surface area (Å²) >= 11 is 1.34. The van der Waals surface area contributed by atoms with E-state index in [1.165, 1.54) is 11.3 Å². The first-order valence-corrected chi connectivity index (χ1v) is 8.43. The fourth-order valence-electron chi connectivity index (χ4n) is 1.76. The van der Waals surface area contributed by atoms with Crippen LogP contribution in [0.4, 0.5) is 8.78 Å². The number of hydrogen-bond donors (Lipinski definition) is 2. The number of sulfonamides is 1. The van der Waals surface area contributed by atoms with Crippen LogP contribution in [0.5, 0.6) is 0 Å². The van der Waals surface area contributed by atoms with Gasteiger partial charge in [0.05, 0.1) is 6.10 Å². The summed E-state index contributed by atoms with van der Waals surface area (Å²) in [5.74, 6) is -2.30. The predicted octanol–water partition coefficient (Wildman–Crippen LogP) is 2.43. The molecule has 2 N–H and O–H groups in total. The molecule has 4 nitrogen and oxygen atoms in total. The Kier molecular flexibility index (Phi) is 5.04. The van der Waals surface area contributed by atoms with Gasteiger partial charge in [-0.25, -0.2) is 21.9 Å². The number of benzene rings is 1. The van der Waals surface area contributed by atoms with E-state index < -0.39 is 32.7 Å². The average molecular weight is 333 g/mol. The fraction of sp³-hybridized carbons (Fsp3) is 0.231. The number of hydrogen-bond acceptors (Lipinski definition) is 4. The SMILES string of the molecule is O=S(=O)(NCC[C@H](O)c1cccs1)c1c(F)cccc1F. The zero-order valence-corrected chi connectivity index (χ0v) is 12.4. The van der Waals surface area contributed by atoms with E-state index in [1.807, 2.05) is 0 Å². The summed E-state index contributed by atoms with van der Waals surface area (Å²) in [6, 6.07) is 6.32. The van der Waals surface area contributed by atoms with Crippen LogP contribution >= 0.6 is 11.3 Å². The molecule has 1 aromatic heterocycles. The molecule has 1 atom stereocenters. The van der Waals surface area contributed by atoms with E-state index in [2.05, 4.69) is 4.72 Å². The molecule has 8 heteroatoms. The van der Waals surface area contributed by atoms with Crippen LogP contribution in [-0.2, 0) is 10.0 Å². The molecule has 21 heavy (non-hydrogen) atoms. The molecule has 0 saturated carbocycles. The third kappa shape index (κ3) is 3.85. The molecule has 0 aliphatic carbocycles. The lowest BCUT2D eigenvalue weighted by molar-refractivity contribution is 0.173. The number of halogens is 2. The molecule has 0 bridgehead atoms. The first kappa shape index (κ1) is 16.0. The summed E-state index contributed by atoms with van der Waals surface area (Å²) in [5.41, 5.74) is 0. The molecule has 0 aliphatic rings. The van der Waals surface area contributed by atoms with Gasteiger partial charge in [-0.05, 0) is 30.0 Å². The van der Waals surface area contributed by atoms with E-state index in [0.717, 1.165) is 18.2 Å². The van der Waals surface area contributed by atoms with E-state index in [-0.39, 0.29) is 13.0 Å². The van der Waals surface area contributed by atoms with Crippen LogP contribution in [0.15, 0.2) is 40.6 Å². The summed E-state index contributed by atoms with van der Waals surface area (Å²) in [6.07, 6.45) is -0.714. The van der Waals surface area contributed by atoms with Gasteiger partial charge in [0.1, 0.15) is 11.6 Å². The Labute approximate surface area is 125 Å². The Morgan fingerprint density at radius 2 is 1.86 bits per heavy atom. The largest absolute Gasteiger partial charge is 0.388 e. The zero-order chi connectivity index (χ0) is 15.5. The maximum atomic E-state index is 13.4. The predicted molar refractivity (Wildman–Crippen MR) is 75.4 cm³/mol. The van der Waals surface area contributed by atoms with Gasteiger partial charge in [0.15, 0.2) is 4.90 Å². The van der Waals surface area contributed by atoms with Crippen LogP contribution in [0.25, 0.3) is 0 Å². The highest BCUT2D eigenvalue weighted by molar-refractivity contribution is 7.89. The highest BCUT2D eigenvalue weighted by Crippen LogP contribution is 2.22. The monoisotopic (exact) mass is 333 g/mol. The van der Waals surface area contributed by atoms with Crippen molar-refractivity contribution in [1.82, 2.24) is 4.72 Å².